The molecule has 1 aromatic heterocycles. The molecule has 4 nitrogen and oxygen atoms in total. The lowest BCUT2D eigenvalue weighted by Gasteiger charge is -2.15. The van der Waals surface area contributed by atoms with E-state index in [9.17, 15) is 13.2 Å². The van der Waals surface area contributed by atoms with Crippen LogP contribution in [0.15, 0.2) is 22.8 Å². The molecule has 0 N–H and O–H groups in total. The molecule has 3 rings (SSSR count). The average molecular weight is 405 g/mol. The summed E-state index contributed by atoms with van der Waals surface area (Å²) in [5.74, 6) is 0.771. The number of hydrogen-bond donors (Lipinski definition) is 0. The maximum atomic E-state index is 13.1. The Morgan fingerprint density at radius 3 is 2.92 bits per heavy atom. The summed E-state index contributed by atoms with van der Waals surface area (Å²) < 4.78 is 50.4. The molecular weight excluding hydrogens is 389 g/mol. The first-order chi connectivity index (χ1) is 11.5. The quantitative estimate of drug-likeness (QED) is 0.768. The lowest BCUT2D eigenvalue weighted by atomic mass is 10.1. The fourth-order valence-electron chi connectivity index (χ4n) is 2.80. The van der Waals surface area contributed by atoms with Gasteiger partial charge in [0.25, 0.3) is 0 Å². The highest BCUT2D eigenvalue weighted by molar-refractivity contribution is 9.10. The Morgan fingerprint density at radius 1 is 1.46 bits per heavy atom. The number of alkyl halides is 3. The Hall–Kier alpha value is -1.54. The minimum atomic E-state index is -2.87. The van der Waals surface area contributed by atoms with Gasteiger partial charge in [0.2, 0.25) is 0 Å². The molecule has 2 heterocycles. The monoisotopic (exact) mass is 404 g/mol. The van der Waals surface area contributed by atoms with E-state index >= 15 is 0 Å². The van der Waals surface area contributed by atoms with Gasteiger partial charge in [-0.1, -0.05) is 0 Å². The lowest BCUT2D eigenvalue weighted by Crippen LogP contribution is -2.21. The van der Waals surface area contributed by atoms with E-state index in [0.717, 1.165) is 11.3 Å². The van der Waals surface area contributed by atoms with Crippen LogP contribution in [0.3, 0.4) is 0 Å². The van der Waals surface area contributed by atoms with Gasteiger partial charge in [0.1, 0.15) is 29.0 Å². The number of ether oxygens (including phenoxy) is 2. The third-order valence-corrected chi connectivity index (χ3v) is 4.56. The highest BCUT2D eigenvalue weighted by Gasteiger charge is 2.24. The summed E-state index contributed by atoms with van der Waals surface area (Å²) in [7, 11) is 0. The van der Waals surface area contributed by atoms with E-state index in [4.69, 9.17) is 4.74 Å². The van der Waals surface area contributed by atoms with Gasteiger partial charge in [-0.15, -0.1) is 0 Å². The normalized spacial score (nSPS) is 17.7. The highest BCUT2D eigenvalue weighted by Crippen LogP contribution is 2.31. The number of imidazole rings is 1. The number of fused-ring (bicyclic) bond motifs is 1. The van der Waals surface area contributed by atoms with E-state index in [-0.39, 0.29) is 5.75 Å². The number of aryl methyl sites for hydroxylation is 1. The molecule has 0 fully saturated rings. The topological polar surface area (TPSA) is 36.3 Å². The first kappa shape index (κ1) is 17.3. The van der Waals surface area contributed by atoms with E-state index in [1.807, 2.05) is 4.57 Å². The van der Waals surface area contributed by atoms with Crippen LogP contribution in [-0.2, 0) is 17.7 Å². The molecule has 1 aromatic carbocycles. The van der Waals surface area contributed by atoms with Gasteiger partial charge in [0, 0.05) is 12.0 Å². The molecule has 0 radical (unpaired) electrons. The molecule has 24 heavy (non-hydrogen) atoms. The van der Waals surface area contributed by atoms with Crippen LogP contribution < -0.4 is 4.74 Å². The van der Waals surface area contributed by atoms with E-state index < -0.39 is 19.4 Å². The third kappa shape index (κ3) is 3.44. The summed E-state index contributed by atoms with van der Waals surface area (Å²) in [5.41, 5.74) is 2.26. The summed E-state index contributed by atoms with van der Waals surface area (Å²) in [6.07, 6.45) is 0.101. The van der Waals surface area contributed by atoms with Gasteiger partial charge in [-0.05, 0) is 46.6 Å². The van der Waals surface area contributed by atoms with Crippen molar-refractivity contribution in [2.24, 2.45) is 0 Å². The second-order valence-corrected chi connectivity index (χ2v) is 6.29. The highest BCUT2D eigenvalue weighted by atomic mass is 79.9. The van der Waals surface area contributed by atoms with Gasteiger partial charge < -0.3 is 14.0 Å². The van der Waals surface area contributed by atoms with Crippen LogP contribution >= 0.6 is 15.9 Å². The first-order valence-electron chi connectivity index (χ1n) is 7.48. The van der Waals surface area contributed by atoms with Crippen molar-refractivity contribution in [2.45, 2.75) is 32.6 Å². The lowest BCUT2D eigenvalue weighted by molar-refractivity contribution is -0.0502. The van der Waals surface area contributed by atoms with Gasteiger partial charge in [0.05, 0.1) is 18.8 Å². The zero-order chi connectivity index (χ0) is 17.3. The maximum Gasteiger partial charge on any atom is 0.387 e. The predicted octanol–water partition coefficient (Wildman–Crippen LogP) is 4.13. The molecule has 1 unspecified atom stereocenters. The number of hydrogen-bond acceptors (Lipinski definition) is 3. The molecule has 2 aromatic rings. The Kier molecular flexibility index (Phi) is 5.15. The fourth-order valence-corrected chi connectivity index (χ4v) is 3.38. The van der Waals surface area contributed by atoms with Crippen LogP contribution in [0, 0.1) is 6.92 Å². The second kappa shape index (κ2) is 7.14. The summed E-state index contributed by atoms with van der Waals surface area (Å²) >= 11 is 3.44. The first-order valence-corrected chi connectivity index (χ1v) is 8.27. The summed E-state index contributed by atoms with van der Waals surface area (Å²) in [4.78, 5) is 4.52. The summed E-state index contributed by atoms with van der Waals surface area (Å²) in [5, 5.41) is 0. The Balaban J connectivity index is 2.00. The van der Waals surface area contributed by atoms with E-state index in [2.05, 4.69) is 25.7 Å². The number of aromatic nitrogens is 2. The average Bonchev–Trinajstić information content (AvgIpc) is 2.73. The molecule has 8 heteroatoms. The molecular formula is C16H16BrF3N2O2. The van der Waals surface area contributed by atoms with E-state index in [1.165, 1.54) is 6.07 Å². The largest absolute Gasteiger partial charge is 0.435 e. The van der Waals surface area contributed by atoms with Gasteiger partial charge in [-0.25, -0.2) is 9.37 Å². The predicted molar refractivity (Wildman–Crippen MR) is 86.2 cm³/mol. The van der Waals surface area contributed by atoms with Gasteiger partial charge >= 0.3 is 6.61 Å². The van der Waals surface area contributed by atoms with Crippen molar-refractivity contribution in [3.8, 4) is 17.1 Å². The van der Waals surface area contributed by atoms with Crippen LogP contribution in [0.4, 0.5) is 13.2 Å². The maximum absolute atomic E-state index is 13.1. The molecule has 0 saturated carbocycles. The standard InChI is InChI=1S/C16H16BrF3N2O2/c1-9-6-10(2-3-13(9)24-16(19)20)15-21-14(17)12-4-5-23-11(7-18)8-22(12)15/h2-3,6,11,16H,4-5,7-8H2,1H3. The van der Waals surface area contributed by atoms with Crippen molar-refractivity contribution in [2.75, 3.05) is 13.3 Å². The smallest absolute Gasteiger partial charge is 0.387 e. The number of nitrogens with zero attached hydrogens (tertiary/aromatic N) is 2. The second-order valence-electron chi connectivity index (χ2n) is 5.54. The SMILES string of the molecule is Cc1cc(-c2nc(Br)c3n2CC(CF)OCC3)ccc1OC(F)F. The van der Waals surface area contributed by atoms with Crippen molar-refractivity contribution >= 4 is 15.9 Å². The van der Waals surface area contributed by atoms with Crippen molar-refractivity contribution < 1.29 is 22.6 Å². The fraction of sp³-hybridized carbons (Fsp3) is 0.438. The zero-order valence-electron chi connectivity index (χ0n) is 12.9. The number of halogens is 4. The summed E-state index contributed by atoms with van der Waals surface area (Å²) in [6, 6.07) is 4.89. The number of rotatable bonds is 4. The van der Waals surface area contributed by atoms with Crippen LogP contribution in [0.1, 0.15) is 11.3 Å². The van der Waals surface area contributed by atoms with Gasteiger partial charge in [-0.3, -0.25) is 0 Å². The Labute approximate surface area is 145 Å². The molecule has 130 valence electrons. The van der Waals surface area contributed by atoms with E-state index in [1.54, 1.807) is 19.1 Å². The summed E-state index contributed by atoms with van der Waals surface area (Å²) in [6.45, 7) is -0.967. The van der Waals surface area contributed by atoms with Crippen molar-refractivity contribution in [1.29, 1.82) is 0 Å². The van der Waals surface area contributed by atoms with Crippen LogP contribution in [0.25, 0.3) is 11.4 Å². The molecule has 0 bridgehead atoms. The third-order valence-electron chi connectivity index (χ3n) is 3.92. The molecule has 1 atom stereocenters. The minimum Gasteiger partial charge on any atom is -0.435 e. The molecule has 0 saturated heterocycles. The molecule has 0 aliphatic carbocycles. The molecule has 1 aliphatic heterocycles. The molecule has 0 spiro atoms. The van der Waals surface area contributed by atoms with Crippen molar-refractivity contribution in [3.05, 3.63) is 34.1 Å². The Morgan fingerprint density at radius 2 is 2.25 bits per heavy atom. The van der Waals surface area contributed by atoms with Gasteiger partial charge in [0.15, 0.2) is 0 Å². The van der Waals surface area contributed by atoms with Gasteiger partial charge in [-0.2, -0.15) is 8.78 Å². The Bertz CT molecular complexity index is 736. The van der Waals surface area contributed by atoms with Crippen LogP contribution in [0.2, 0.25) is 0 Å². The van der Waals surface area contributed by atoms with Crippen molar-refractivity contribution in [1.82, 2.24) is 9.55 Å². The zero-order valence-corrected chi connectivity index (χ0v) is 14.5. The molecule has 1 aliphatic rings. The van der Waals surface area contributed by atoms with E-state index in [0.29, 0.717) is 35.6 Å². The number of benzene rings is 1. The van der Waals surface area contributed by atoms with Crippen LogP contribution in [0.5, 0.6) is 5.75 Å². The van der Waals surface area contributed by atoms with Crippen molar-refractivity contribution in [3.63, 3.8) is 0 Å². The van der Waals surface area contributed by atoms with Crippen LogP contribution in [-0.4, -0.2) is 35.5 Å². The molecule has 0 amide bonds. The minimum absolute atomic E-state index is 0.125.